The SMILES string of the molecule is O=C(Nc1ccc(F)c(Cl)c1)C1CCCN(S(=O)(=O)Cc2ccc(F)cc2)C1. The first-order chi connectivity index (χ1) is 13.2. The van der Waals surface area contributed by atoms with Gasteiger partial charge >= 0.3 is 0 Å². The van der Waals surface area contributed by atoms with Gasteiger partial charge in [-0.2, -0.15) is 0 Å². The third-order valence-corrected chi connectivity index (χ3v) is 6.70. The molecule has 28 heavy (non-hydrogen) atoms. The Kier molecular flexibility index (Phi) is 6.32. The second-order valence-corrected chi connectivity index (χ2v) is 9.07. The Balaban J connectivity index is 1.66. The highest BCUT2D eigenvalue weighted by Gasteiger charge is 2.32. The van der Waals surface area contributed by atoms with E-state index in [2.05, 4.69) is 5.32 Å². The average Bonchev–Trinajstić information content (AvgIpc) is 2.66. The fraction of sp³-hybridized carbons (Fsp3) is 0.316. The Hall–Kier alpha value is -2.03. The number of sulfonamides is 1. The summed E-state index contributed by atoms with van der Waals surface area (Å²) in [5, 5.41) is 2.55. The highest BCUT2D eigenvalue weighted by Crippen LogP contribution is 2.24. The Bertz CT molecular complexity index is 968. The van der Waals surface area contributed by atoms with Crippen molar-refractivity contribution in [3.05, 3.63) is 64.7 Å². The molecule has 1 N–H and O–H groups in total. The van der Waals surface area contributed by atoms with E-state index < -0.39 is 27.6 Å². The lowest BCUT2D eigenvalue weighted by Crippen LogP contribution is -2.44. The minimum Gasteiger partial charge on any atom is -0.326 e. The molecule has 3 rings (SSSR count). The van der Waals surface area contributed by atoms with E-state index in [1.54, 1.807) is 0 Å². The molecule has 1 heterocycles. The van der Waals surface area contributed by atoms with Gasteiger partial charge in [0, 0.05) is 18.8 Å². The van der Waals surface area contributed by atoms with Gasteiger partial charge in [-0.25, -0.2) is 21.5 Å². The van der Waals surface area contributed by atoms with Gasteiger partial charge in [0.2, 0.25) is 15.9 Å². The van der Waals surface area contributed by atoms with Crippen LogP contribution >= 0.6 is 11.6 Å². The lowest BCUT2D eigenvalue weighted by atomic mass is 9.99. The number of hydrogen-bond donors (Lipinski definition) is 1. The normalized spacial score (nSPS) is 18.0. The van der Waals surface area contributed by atoms with E-state index in [1.807, 2.05) is 0 Å². The third kappa shape index (κ3) is 5.06. The van der Waals surface area contributed by atoms with Crippen molar-refractivity contribution in [1.29, 1.82) is 0 Å². The van der Waals surface area contributed by atoms with Crippen LogP contribution in [0.15, 0.2) is 42.5 Å². The zero-order chi connectivity index (χ0) is 20.3. The van der Waals surface area contributed by atoms with Crippen LogP contribution in [0.5, 0.6) is 0 Å². The number of carbonyl (C=O) groups is 1. The van der Waals surface area contributed by atoms with Gasteiger partial charge in [0.05, 0.1) is 16.7 Å². The maximum atomic E-state index is 13.2. The van der Waals surface area contributed by atoms with Crippen LogP contribution in [0.4, 0.5) is 14.5 Å². The van der Waals surface area contributed by atoms with Crippen molar-refractivity contribution in [1.82, 2.24) is 4.31 Å². The smallest absolute Gasteiger partial charge is 0.228 e. The van der Waals surface area contributed by atoms with Gasteiger partial charge in [-0.1, -0.05) is 23.7 Å². The average molecular weight is 429 g/mol. The molecule has 0 radical (unpaired) electrons. The minimum atomic E-state index is -3.64. The molecule has 0 aliphatic carbocycles. The van der Waals surface area contributed by atoms with Gasteiger partial charge in [-0.15, -0.1) is 0 Å². The van der Waals surface area contributed by atoms with Crippen LogP contribution in [0.2, 0.25) is 5.02 Å². The van der Waals surface area contributed by atoms with Crippen LogP contribution in [0.25, 0.3) is 0 Å². The summed E-state index contributed by atoms with van der Waals surface area (Å²) in [6.07, 6.45) is 1.09. The van der Waals surface area contributed by atoms with E-state index in [9.17, 15) is 22.0 Å². The van der Waals surface area contributed by atoms with Gasteiger partial charge in [-0.05, 0) is 48.7 Å². The second kappa shape index (κ2) is 8.55. The summed E-state index contributed by atoms with van der Waals surface area (Å²) < 4.78 is 52.9. The predicted molar refractivity (Wildman–Crippen MR) is 103 cm³/mol. The van der Waals surface area contributed by atoms with Crippen LogP contribution < -0.4 is 5.32 Å². The van der Waals surface area contributed by atoms with Gasteiger partial charge in [0.25, 0.3) is 0 Å². The van der Waals surface area contributed by atoms with E-state index in [0.29, 0.717) is 30.6 Å². The van der Waals surface area contributed by atoms with Crippen molar-refractivity contribution >= 4 is 33.2 Å². The number of amides is 1. The number of rotatable bonds is 5. The number of halogens is 3. The van der Waals surface area contributed by atoms with Crippen molar-refractivity contribution in [3.8, 4) is 0 Å². The van der Waals surface area contributed by atoms with E-state index >= 15 is 0 Å². The van der Waals surface area contributed by atoms with Crippen LogP contribution in [-0.4, -0.2) is 31.7 Å². The molecule has 1 atom stereocenters. The number of piperidine rings is 1. The van der Waals surface area contributed by atoms with Gasteiger partial charge < -0.3 is 5.32 Å². The highest BCUT2D eigenvalue weighted by atomic mass is 35.5. The number of hydrogen-bond acceptors (Lipinski definition) is 3. The molecule has 1 fully saturated rings. The molecule has 1 unspecified atom stereocenters. The van der Waals surface area contributed by atoms with Crippen molar-refractivity contribution in [2.75, 3.05) is 18.4 Å². The third-order valence-electron chi connectivity index (χ3n) is 4.60. The molecule has 1 saturated heterocycles. The summed E-state index contributed by atoms with van der Waals surface area (Å²) in [6, 6.07) is 9.14. The molecular formula is C19H19ClF2N2O3S. The summed E-state index contributed by atoms with van der Waals surface area (Å²) in [5.74, 6) is -2.15. The topological polar surface area (TPSA) is 66.5 Å². The summed E-state index contributed by atoms with van der Waals surface area (Å²) in [7, 11) is -3.64. The number of nitrogens with zero attached hydrogens (tertiary/aromatic N) is 1. The molecule has 2 aromatic rings. The monoisotopic (exact) mass is 428 g/mol. The summed E-state index contributed by atoms with van der Waals surface area (Å²) in [4.78, 5) is 12.5. The molecule has 9 heteroatoms. The Morgan fingerprint density at radius 1 is 1.18 bits per heavy atom. The Morgan fingerprint density at radius 2 is 1.89 bits per heavy atom. The standard InChI is InChI=1S/C19H19ClF2N2O3S/c20-17-10-16(7-8-18(17)22)23-19(25)14-2-1-9-24(11-14)28(26,27)12-13-3-5-15(21)6-4-13/h3-8,10,14H,1-2,9,11-12H2,(H,23,25). The van der Waals surface area contributed by atoms with Gasteiger partial charge in [0.15, 0.2) is 0 Å². The second-order valence-electron chi connectivity index (χ2n) is 6.70. The van der Waals surface area contributed by atoms with E-state index in [-0.39, 0.29) is 23.2 Å². The van der Waals surface area contributed by atoms with Crippen LogP contribution in [-0.2, 0) is 20.6 Å². The number of nitrogens with one attached hydrogen (secondary N) is 1. The molecule has 150 valence electrons. The number of carbonyl (C=O) groups excluding carboxylic acids is 1. The predicted octanol–water partition coefficient (Wildman–Crippen LogP) is 3.80. The summed E-state index contributed by atoms with van der Waals surface area (Å²) in [6.45, 7) is 0.389. The van der Waals surface area contributed by atoms with Crippen molar-refractivity contribution in [3.63, 3.8) is 0 Å². The molecule has 2 aromatic carbocycles. The summed E-state index contributed by atoms with van der Waals surface area (Å²) >= 11 is 5.72. The van der Waals surface area contributed by atoms with Gasteiger partial charge in [-0.3, -0.25) is 4.79 Å². The van der Waals surface area contributed by atoms with Crippen LogP contribution in [0.3, 0.4) is 0 Å². The van der Waals surface area contributed by atoms with Crippen molar-refractivity contribution in [2.24, 2.45) is 5.92 Å². The number of benzene rings is 2. The maximum Gasteiger partial charge on any atom is 0.228 e. The van der Waals surface area contributed by atoms with Crippen molar-refractivity contribution < 1.29 is 22.0 Å². The lowest BCUT2D eigenvalue weighted by Gasteiger charge is -2.31. The zero-order valence-corrected chi connectivity index (χ0v) is 16.4. The maximum absolute atomic E-state index is 13.2. The van der Waals surface area contributed by atoms with E-state index in [1.165, 1.54) is 40.7 Å². The largest absolute Gasteiger partial charge is 0.326 e. The molecule has 0 spiro atoms. The molecule has 1 aliphatic heterocycles. The number of anilines is 1. The molecule has 0 bridgehead atoms. The van der Waals surface area contributed by atoms with Gasteiger partial charge in [0.1, 0.15) is 11.6 Å². The van der Waals surface area contributed by atoms with E-state index in [0.717, 1.165) is 6.07 Å². The Labute approximate surface area is 167 Å². The first-order valence-corrected chi connectivity index (χ1v) is 10.7. The summed E-state index contributed by atoms with van der Waals surface area (Å²) in [5.41, 5.74) is 0.830. The Morgan fingerprint density at radius 3 is 2.57 bits per heavy atom. The fourth-order valence-electron chi connectivity index (χ4n) is 3.11. The molecule has 0 saturated carbocycles. The quantitative estimate of drug-likeness (QED) is 0.787. The molecule has 1 amide bonds. The van der Waals surface area contributed by atoms with Crippen LogP contribution in [0.1, 0.15) is 18.4 Å². The molecule has 0 aromatic heterocycles. The molecular weight excluding hydrogens is 410 g/mol. The van der Waals surface area contributed by atoms with Crippen molar-refractivity contribution in [2.45, 2.75) is 18.6 Å². The van der Waals surface area contributed by atoms with E-state index in [4.69, 9.17) is 11.6 Å². The first-order valence-electron chi connectivity index (χ1n) is 8.73. The molecule has 1 aliphatic rings. The lowest BCUT2D eigenvalue weighted by molar-refractivity contribution is -0.120. The first kappa shape index (κ1) is 20.7. The fourth-order valence-corrected chi connectivity index (χ4v) is 4.90. The zero-order valence-electron chi connectivity index (χ0n) is 14.9. The molecule has 5 nitrogen and oxygen atoms in total. The van der Waals surface area contributed by atoms with Crippen LogP contribution in [0, 0.1) is 17.6 Å². The minimum absolute atomic E-state index is 0.0598. The highest BCUT2D eigenvalue weighted by molar-refractivity contribution is 7.88.